The van der Waals surface area contributed by atoms with Crippen molar-refractivity contribution in [3.05, 3.63) is 17.0 Å². The van der Waals surface area contributed by atoms with Crippen LogP contribution in [0.2, 0.25) is 5.15 Å². The number of halogens is 1. The molecule has 1 fully saturated rings. The highest BCUT2D eigenvalue weighted by Gasteiger charge is 2.32. The van der Waals surface area contributed by atoms with Gasteiger partial charge in [0, 0.05) is 12.1 Å². The minimum absolute atomic E-state index is 0.242. The van der Waals surface area contributed by atoms with E-state index < -0.39 is 5.60 Å². The van der Waals surface area contributed by atoms with Crippen LogP contribution in [0.25, 0.3) is 0 Å². The summed E-state index contributed by atoms with van der Waals surface area (Å²) in [6, 6.07) is 0. The van der Waals surface area contributed by atoms with Gasteiger partial charge in [0.25, 0.3) is 0 Å². The summed E-state index contributed by atoms with van der Waals surface area (Å²) in [5.41, 5.74) is 0.294. The summed E-state index contributed by atoms with van der Waals surface area (Å²) in [7, 11) is 0. The Morgan fingerprint density at radius 3 is 2.62 bits per heavy atom. The summed E-state index contributed by atoms with van der Waals surface area (Å²) in [5.74, 6) is 1.76. The molecule has 2 N–H and O–H groups in total. The van der Waals surface area contributed by atoms with Gasteiger partial charge in [-0.15, -0.1) is 0 Å². The third-order valence-electron chi connectivity index (χ3n) is 4.61. The van der Waals surface area contributed by atoms with Crippen LogP contribution in [0.15, 0.2) is 6.33 Å². The highest BCUT2D eigenvalue weighted by Crippen LogP contribution is 2.34. The van der Waals surface area contributed by atoms with E-state index in [-0.39, 0.29) is 5.92 Å². The Morgan fingerprint density at radius 2 is 2.05 bits per heavy atom. The van der Waals surface area contributed by atoms with Gasteiger partial charge in [0.2, 0.25) is 0 Å². The minimum Gasteiger partial charge on any atom is -0.388 e. The van der Waals surface area contributed by atoms with Crippen molar-refractivity contribution >= 4 is 17.4 Å². The second-order valence-corrected chi connectivity index (χ2v) is 6.87. The van der Waals surface area contributed by atoms with Gasteiger partial charge in [-0.3, -0.25) is 0 Å². The molecule has 0 bridgehead atoms. The third kappa shape index (κ3) is 4.07. The van der Waals surface area contributed by atoms with Gasteiger partial charge < -0.3 is 10.4 Å². The molecule has 1 aliphatic carbocycles. The van der Waals surface area contributed by atoms with Gasteiger partial charge in [0.1, 0.15) is 17.3 Å². The van der Waals surface area contributed by atoms with Crippen LogP contribution in [0.1, 0.15) is 64.4 Å². The van der Waals surface area contributed by atoms with E-state index in [4.69, 9.17) is 11.6 Å². The van der Waals surface area contributed by atoms with Crippen LogP contribution in [0, 0.1) is 5.92 Å². The first-order valence-electron chi connectivity index (χ1n) is 7.92. The Balaban J connectivity index is 2.02. The average Bonchev–Trinajstić information content (AvgIpc) is 2.46. The number of hydrogen-bond acceptors (Lipinski definition) is 4. The lowest BCUT2D eigenvalue weighted by Gasteiger charge is -2.36. The van der Waals surface area contributed by atoms with E-state index in [1.165, 1.54) is 12.7 Å². The summed E-state index contributed by atoms with van der Waals surface area (Å²) in [6.45, 7) is 6.88. The number of nitrogens with one attached hydrogen (secondary N) is 1. The van der Waals surface area contributed by atoms with Crippen molar-refractivity contribution in [2.75, 3.05) is 11.9 Å². The molecule has 1 aliphatic rings. The van der Waals surface area contributed by atoms with Crippen LogP contribution in [-0.4, -0.2) is 27.2 Å². The number of aromatic nitrogens is 2. The fraction of sp³-hybridized carbons (Fsp3) is 0.750. The summed E-state index contributed by atoms with van der Waals surface area (Å²) < 4.78 is 0. The molecular weight excluding hydrogens is 286 g/mol. The van der Waals surface area contributed by atoms with Gasteiger partial charge in [-0.05, 0) is 37.5 Å². The molecule has 1 saturated carbocycles. The van der Waals surface area contributed by atoms with Crippen molar-refractivity contribution in [3.8, 4) is 0 Å². The second-order valence-electron chi connectivity index (χ2n) is 6.51. The summed E-state index contributed by atoms with van der Waals surface area (Å²) in [4.78, 5) is 8.34. The summed E-state index contributed by atoms with van der Waals surface area (Å²) in [6.07, 6.45) is 6.60. The van der Waals surface area contributed by atoms with Crippen LogP contribution in [-0.2, 0) is 0 Å². The molecule has 0 unspecified atom stereocenters. The fourth-order valence-electron chi connectivity index (χ4n) is 3.07. The smallest absolute Gasteiger partial charge is 0.138 e. The topological polar surface area (TPSA) is 58.0 Å². The first-order chi connectivity index (χ1) is 9.95. The molecule has 0 aromatic carbocycles. The minimum atomic E-state index is -0.628. The molecule has 0 saturated heterocycles. The maximum atomic E-state index is 10.7. The number of hydrogen-bond donors (Lipinski definition) is 2. The predicted molar refractivity (Wildman–Crippen MR) is 86.8 cm³/mol. The van der Waals surface area contributed by atoms with E-state index in [1.807, 2.05) is 0 Å². The van der Waals surface area contributed by atoms with Gasteiger partial charge in [0.15, 0.2) is 0 Å². The number of aliphatic hydroxyl groups is 1. The molecule has 4 nitrogen and oxygen atoms in total. The first-order valence-corrected chi connectivity index (χ1v) is 8.29. The van der Waals surface area contributed by atoms with E-state index in [1.54, 1.807) is 0 Å². The van der Waals surface area contributed by atoms with Crippen LogP contribution in [0.5, 0.6) is 0 Å². The van der Waals surface area contributed by atoms with Crippen LogP contribution in [0.4, 0.5) is 5.82 Å². The molecule has 2 rings (SSSR count). The zero-order valence-corrected chi connectivity index (χ0v) is 14.0. The second kappa shape index (κ2) is 6.93. The molecule has 0 atom stereocenters. The predicted octanol–water partition coefficient (Wildman–Crippen LogP) is 4.00. The maximum Gasteiger partial charge on any atom is 0.138 e. The van der Waals surface area contributed by atoms with Gasteiger partial charge >= 0.3 is 0 Å². The molecule has 1 aromatic heterocycles. The first kappa shape index (κ1) is 16.5. The molecule has 0 aliphatic heterocycles. The van der Waals surface area contributed by atoms with E-state index in [9.17, 15) is 5.11 Å². The molecular formula is C16H26ClN3O. The van der Waals surface area contributed by atoms with Gasteiger partial charge in [-0.25, -0.2) is 9.97 Å². The van der Waals surface area contributed by atoms with Gasteiger partial charge in [-0.2, -0.15) is 0 Å². The van der Waals surface area contributed by atoms with Crippen molar-refractivity contribution in [3.63, 3.8) is 0 Å². The van der Waals surface area contributed by atoms with E-state index in [0.29, 0.717) is 11.7 Å². The highest BCUT2D eigenvalue weighted by atomic mass is 35.5. The van der Waals surface area contributed by atoms with Gasteiger partial charge in [-0.1, -0.05) is 38.8 Å². The maximum absolute atomic E-state index is 10.7. The van der Waals surface area contributed by atoms with Crippen molar-refractivity contribution in [1.29, 1.82) is 0 Å². The zero-order valence-electron chi connectivity index (χ0n) is 13.2. The molecule has 21 heavy (non-hydrogen) atoms. The molecule has 0 radical (unpaired) electrons. The lowest BCUT2D eigenvalue weighted by atomic mass is 9.78. The van der Waals surface area contributed by atoms with E-state index in [0.717, 1.165) is 43.0 Å². The highest BCUT2D eigenvalue weighted by molar-refractivity contribution is 6.30. The molecule has 1 aromatic rings. The Morgan fingerprint density at radius 1 is 1.38 bits per heavy atom. The Kier molecular flexibility index (Phi) is 5.44. The number of nitrogens with zero attached hydrogens (tertiary/aromatic N) is 2. The van der Waals surface area contributed by atoms with Crippen molar-refractivity contribution in [1.82, 2.24) is 9.97 Å². The van der Waals surface area contributed by atoms with Crippen LogP contribution in [0.3, 0.4) is 0 Å². The monoisotopic (exact) mass is 311 g/mol. The zero-order chi connectivity index (χ0) is 15.5. The van der Waals surface area contributed by atoms with Crippen molar-refractivity contribution < 1.29 is 5.11 Å². The summed E-state index contributed by atoms with van der Waals surface area (Å²) in [5, 5.41) is 14.5. The number of anilines is 1. The number of rotatable bonds is 5. The normalized spacial score (nSPS) is 26.1. The van der Waals surface area contributed by atoms with Crippen molar-refractivity contribution in [2.45, 2.75) is 64.4 Å². The quantitative estimate of drug-likeness (QED) is 0.807. The Bertz CT molecular complexity index is 471. The van der Waals surface area contributed by atoms with Crippen LogP contribution < -0.4 is 5.32 Å². The average molecular weight is 312 g/mol. The van der Waals surface area contributed by atoms with Crippen LogP contribution >= 0.6 is 11.6 Å². The molecule has 118 valence electrons. The van der Waals surface area contributed by atoms with Crippen molar-refractivity contribution in [2.24, 2.45) is 5.92 Å². The Hall–Kier alpha value is -0.870. The van der Waals surface area contributed by atoms with E-state index >= 15 is 0 Å². The molecule has 0 spiro atoms. The molecule has 1 heterocycles. The SMILES string of the molecule is CCC1CCC(O)(CNc2ncnc(Cl)c2C(C)C)CC1. The lowest BCUT2D eigenvalue weighted by Crippen LogP contribution is -2.40. The van der Waals surface area contributed by atoms with E-state index in [2.05, 4.69) is 36.1 Å². The molecule has 5 heteroatoms. The third-order valence-corrected chi connectivity index (χ3v) is 4.91. The molecule has 0 amide bonds. The largest absolute Gasteiger partial charge is 0.388 e. The lowest BCUT2D eigenvalue weighted by molar-refractivity contribution is 0.00221. The standard InChI is InChI=1S/C16H26ClN3O/c1-4-12-5-7-16(21,8-6-12)9-18-15-13(11(2)3)14(17)19-10-20-15/h10-12,21H,4-9H2,1-3H3,(H,18,19,20). The van der Waals surface area contributed by atoms with Gasteiger partial charge in [0.05, 0.1) is 5.60 Å². The Labute approximate surface area is 132 Å². The fourth-order valence-corrected chi connectivity index (χ4v) is 3.43. The summed E-state index contributed by atoms with van der Waals surface area (Å²) >= 11 is 6.16.